The summed E-state index contributed by atoms with van der Waals surface area (Å²) in [5, 5.41) is 0. The number of alkyl halides is 2. The summed E-state index contributed by atoms with van der Waals surface area (Å²) >= 11 is 0. The minimum atomic E-state index is -3.80. The van der Waals surface area contributed by atoms with Crippen molar-refractivity contribution in [3.63, 3.8) is 0 Å². The third-order valence-electron chi connectivity index (χ3n) is 3.62. The Bertz CT molecular complexity index is 466. The van der Waals surface area contributed by atoms with Crippen LogP contribution in [0.25, 0.3) is 0 Å². The molecule has 9 heteroatoms. The molecule has 0 aromatic carbocycles. The van der Waals surface area contributed by atoms with Crippen molar-refractivity contribution in [1.29, 1.82) is 0 Å². The average molecular weight is 305 g/mol. The third-order valence-corrected chi connectivity index (χ3v) is 5.78. The van der Waals surface area contributed by atoms with Gasteiger partial charge in [-0.3, -0.25) is 9.52 Å². The first-order valence-corrected chi connectivity index (χ1v) is 6.74. The Kier molecular flexibility index (Phi) is 3.70. The van der Waals surface area contributed by atoms with Crippen LogP contribution in [-0.4, -0.2) is 31.0 Å². The van der Waals surface area contributed by atoms with E-state index in [9.17, 15) is 22.0 Å². The van der Waals surface area contributed by atoms with Crippen LogP contribution in [0, 0.1) is 5.92 Å². The predicted octanol–water partition coefficient (Wildman–Crippen LogP) is 0.389. The highest BCUT2D eigenvalue weighted by molar-refractivity contribution is 7.91. The van der Waals surface area contributed by atoms with Gasteiger partial charge in [0.05, 0.1) is 4.75 Å². The number of halogens is 3. The standard InChI is InChI=1S/C9H14F2N2O3S.ClH/c1-8(2-3-8)17(15,16)13-7(14)9(12)4-5(9)6(10)11;/h5-6H,2-4,12H2,1H3,(H,13,14);1H/t5?,9-;/m1./s1. The fourth-order valence-electron chi connectivity index (χ4n) is 1.66. The highest BCUT2D eigenvalue weighted by atomic mass is 35.5. The van der Waals surface area contributed by atoms with E-state index in [0.717, 1.165) is 0 Å². The zero-order valence-electron chi connectivity index (χ0n) is 9.65. The maximum Gasteiger partial charge on any atom is 0.254 e. The lowest BCUT2D eigenvalue weighted by Crippen LogP contribution is -2.50. The Morgan fingerprint density at radius 1 is 1.44 bits per heavy atom. The lowest BCUT2D eigenvalue weighted by molar-refractivity contribution is -0.122. The molecule has 0 bridgehead atoms. The second-order valence-electron chi connectivity index (χ2n) is 5.07. The molecule has 5 nitrogen and oxygen atoms in total. The van der Waals surface area contributed by atoms with Gasteiger partial charge in [-0.05, 0) is 26.2 Å². The highest BCUT2D eigenvalue weighted by Crippen LogP contribution is 2.47. The molecule has 1 amide bonds. The van der Waals surface area contributed by atoms with Crippen LogP contribution in [0.15, 0.2) is 0 Å². The minimum Gasteiger partial charge on any atom is -0.317 e. The van der Waals surface area contributed by atoms with Crippen molar-refractivity contribution in [2.75, 3.05) is 0 Å². The molecule has 106 valence electrons. The summed E-state index contributed by atoms with van der Waals surface area (Å²) in [4.78, 5) is 11.6. The van der Waals surface area contributed by atoms with Crippen LogP contribution in [0.3, 0.4) is 0 Å². The molecular weight excluding hydrogens is 290 g/mol. The molecule has 2 aliphatic rings. The number of hydrogen-bond acceptors (Lipinski definition) is 4. The summed E-state index contributed by atoms with van der Waals surface area (Å²) in [6, 6.07) is 0. The van der Waals surface area contributed by atoms with Crippen molar-refractivity contribution in [3.05, 3.63) is 0 Å². The summed E-state index contributed by atoms with van der Waals surface area (Å²) in [7, 11) is -3.80. The fourth-order valence-corrected chi connectivity index (χ4v) is 2.98. The maximum absolute atomic E-state index is 12.3. The summed E-state index contributed by atoms with van der Waals surface area (Å²) in [6.45, 7) is 1.50. The summed E-state index contributed by atoms with van der Waals surface area (Å²) in [5.41, 5.74) is 3.72. The number of carbonyl (C=O) groups excluding carboxylic acids is 1. The van der Waals surface area contributed by atoms with Gasteiger partial charge in [0.2, 0.25) is 16.4 Å². The van der Waals surface area contributed by atoms with Gasteiger partial charge in [0, 0.05) is 5.92 Å². The zero-order valence-corrected chi connectivity index (χ0v) is 11.3. The van der Waals surface area contributed by atoms with Gasteiger partial charge >= 0.3 is 0 Å². The van der Waals surface area contributed by atoms with Crippen LogP contribution in [0.5, 0.6) is 0 Å². The van der Waals surface area contributed by atoms with Crippen molar-refractivity contribution >= 4 is 28.3 Å². The Balaban J connectivity index is 0.00000162. The van der Waals surface area contributed by atoms with Crippen LogP contribution in [0.2, 0.25) is 0 Å². The summed E-state index contributed by atoms with van der Waals surface area (Å²) in [5.74, 6) is -2.26. The van der Waals surface area contributed by atoms with Crippen molar-refractivity contribution in [2.45, 2.75) is 42.9 Å². The van der Waals surface area contributed by atoms with E-state index in [2.05, 4.69) is 0 Å². The number of carbonyl (C=O) groups is 1. The number of nitrogens with one attached hydrogen (secondary N) is 1. The number of hydrogen-bond donors (Lipinski definition) is 2. The van der Waals surface area contributed by atoms with Gasteiger partial charge in [-0.2, -0.15) is 0 Å². The van der Waals surface area contributed by atoms with Crippen LogP contribution in [0.1, 0.15) is 26.2 Å². The second kappa shape index (κ2) is 4.28. The van der Waals surface area contributed by atoms with Gasteiger partial charge in [0.25, 0.3) is 5.91 Å². The van der Waals surface area contributed by atoms with Gasteiger partial charge in [-0.1, -0.05) is 0 Å². The normalized spacial score (nSPS) is 32.6. The van der Waals surface area contributed by atoms with Gasteiger partial charge in [0.15, 0.2) is 0 Å². The molecule has 0 spiro atoms. The van der Waals surface area contributed by atoms with E-state index in [1.807, 2.05) is 4.72 Å². The first-order chi connectivity index (χ1) is 7.62. The number of amides is 1. The first-order valence-electron chi connectivity index (χ1n) is 5.26. The van der Waals surface area contributed by atoms with Gasteiger partial charge in [-0.25, -0.2) is 17.2 Å². The van der Waals surface area contributed by atoms with Crippen LogP contribution in [-0.2, 0) is 14.8 Å². The van der Waals surface area contributed by atoms with Crippen LogP contribution in [0.4, 0.5) is 8.78 Å². The molecule has 0 aromatic rings. The Labute approximate surface area is 110 Å². The quantitative estimate of drug-likeness (QED) is 0.786. The topological polar surface area (TPSA) is 89.3 Å². The fraction of sp³-hybridized carbons (Fsp3) is 0.889. The molecule has 0 aromatic heterocycles. The molecule has 2 fully saturated rings. The Hall–Kier alpha value is -0.470. The number of sulfonamides is 1. The van der Waals surface area contributed by atoms with E-state index in [0.29, 0.717) is 12.8 Å². The highest BCUT2D eigenvalue weighted by Gasteiger charge is 2.63. The van der Waals surface area contributed by atoms with E-state index in [1.165, 1.54) is 6.92 Å². The monoisotopic (exact) mass is 304 g/mol. The molecule has 2 rings (SSSR count). The predicted molar refractivity (Wildman–Crippen MR) is 63.0 cm³/mol. The Morgan fingerprint density at radius 3 is 2.28 bits per heavy atom. The van der Waals surface area contributed by atoms with E-state index in [1.54, 1.807) is 0 Å². The number of nitrogens with two attached hydrogens (primary N) is 1. The lowest BCUT2D eigenvalue weighted by atomic mass is 10.2. The molecule has 2 atom stereocenters. The molecule has 0 heterocycles. The van der Waals surface area contributed by atoms with Crippen LogP contribution < -0.4 is 10.5 Å². The van der Waals surface area contributed by atoms with Crippen molar-refractivity contribution < 1.29 is 22.0 Å². The van der Waals surface area contributed by atoms with Crippen molar-refractivity contribution in [1.82, 2.24) is 4.72 Å². The smallest absolute Gasteiger partial charge is 0.254 e. The van der Waals surface area contributed by atoms with E-state index in [-0.39, 0.29) is 18.8 Å². The average Bonchev–Trinajstić information content (AvgIpc) is 3.04. The molecule has 2 saturated carbocycles. The Morgan fingerprint density at radius 2 is 1.94 bits per heavy atom. The summed E-state index contributed by atoms with van der Waals surface area (Å²) < 4.78 is 49.0. The zero-order chi connectivity index (χ0) is 13.1. The maximum atomic E-state index is 12.3. The third kappa shape index (κ3) is 2.33. The molecular formula is C9H15ClF2N2O3S. The minimum absolute atomic E-state index is 0. The molecule has 0 saturated heterocycles. The van der Waals surface area contributed by atoms with Gasteiger partial charge in [0.1, 0.15) is 5.54 Å². The summed E-state index contributed by atoms with van der Waals surface area (Å²) in [6.07, 6.45) is -1.95. The number of rotatable bonds is 4. The molecule has 2 aliphatic carbocycles. The van der Waals surface area contributed by atoms with Gasteiger partial charge < -0.3 is 5.73 Å². The molecule has 18 heavy (non-hydrogen) atoms. The van der Waals surface area contributed by atoms with E-state index < -0.39 is 38.6 Å². The molecule has 0 radical (unpaired) electrons. The molecule has 3 N–H and O–H groups in total. The lowest BCUT2D eigenvalue weighted by Gasteiger charge is -2.15. The second-order valence-corrected chi connectivity index (χ2v) is 7.27. The van der Waals surface area contributed by atoms with Crippen molar-refractivity contribution in [3.8, 4) is 0 Å². The van der Waals surface area contributed by atoms with Gasteiger partial charge in [-0.15, -0.1) is 12.4 Å². The van der Waals surface area contributed by atoms with E-state index in [4.69, 9.17) is 5.73 Å². The SMILES string of the molecule is CC1(S(=O)(=O)NC(=O)[C@@]2(N)CC2C(F)F)CC1.Cl. The van der Waals surface area contributed by atoms with Crippen LogP contribution >= 0.6 is 12.4 Å². The van der Waals surface area contributed by atoms with E-state index >= 15 is 0 Å². The molecule has 0 aliphatic heterocycles. The largest absolute Gasteiger partial charge is 0.317 e. The van der Waals surface area contributed by atoms with Crippen molar-refractivity contribution in [2.24, 2.45) is 11.7 Å². The first kappa shape index (κ1) is 15.6. The molecule has 1 unspecified atom stereocenters.